The largest absolute Gasteiger partial charge is 0.474 e. The average molecular weight is 214 g/mol. The van der Waals surface area contributed by atoms with Crippen molar-refractivity contribution in [3.63, 3.8) is 0 Å². The first-order valence-corrected chi connectivity index (χ1v) is 5.13. The highest BCUT2D eigenvalue weighted by Gasteiger charge is 2.29. The molecule has 2 N–H and O–H groups in total. The zero-order chi connectivity index (χ0) is 11.5. The van der Waals surface area contributed by atoms with Crippen LogP contribution < -0.4 is 5.32 Å². The molecule has 0 atom stereocenters. The van der Waals surface area contributed by atoms with Crippen molar-refractivity contribution in [3.05, 3.63) is 0 Å². The van der Waals surface area contributed by atoms with Crippen molar-refractivity contribution in [1.82, 2.24) is 10.2 Å². The lowest BCUT2D eigenvalue weighted by Gasteiger charge is -2.37. The van der Waals surface area contributed by atoms with Crippen LogP contribution in [0.15, 0.2) is 0 Å². The predicted molar refractivity (Wildman–Crippen MR) is 55.5 cm³/mol. The van der Waals surface area contributed by atoms with E-state index < -0.39 is 11.9 Å². The number of nitrogens with one attached hydrogen (secondary N) is 1. The van der Waals surface area contributed by atoms with Crippen molar-refractivity contribution >= 4 is 11.9 Å². The SMILES string of the molecule is CN1CCC(C)(CNC(=O)C(=O)O)CC1. The van der Waals surface area contributed by atoms with E-state index in [1.54, 1.807) is 0 Å². The van der Waals surface area contributed by atoms with Crippen LogP contribution in [0.5, 0.6) is 0 Å². The van der Waals surface area contributed by atoms with Gasteiger partial charge in [0.05, 0.1) is 0 Å². The van der Waals surface area contributed by atoms with Crippen LogP contribution in [0, 0.1) is 5.41 Å². The van der Waals surface area contributed by atoms with Gasteiger partial charge in [-0.15, -0.1) is 0 Å². The third-order valence-electron chi connectivity index (χ3n) is 3.06. The average Bonchev–Trinajstić information content (AvgIpc) is 2.19. The third-order valence-corrected chi connectivity index (χ3v) is 3.06. The lowest BCUT2D eigenvalue weighted by molar-refractivity contribution is -0.150. The Labute approximate surface area is 89.4 Å². The molecule has 0 aromatic rings. The van der Waals surface area contributed by atoms with Gasteiger partial charge in [-0.05, 0) is 38.4 Å². The van der Waals surface area contributed by atoms with Crippen LogP contribution in [-0.2, 0) is 9.59 Å². The second-order valence-corrected chi connectivity index (χ2v) is 4.60. The standard InChI is InChI=1S/C10H18N2O3/c1-10(3-5-12(2)6-4-10)7-11-8(13)9(14)15/h3-7H2,1-2H3,(H,11,13)(H,14,15). The van der Waals surface area contributed by atoms with Crippen LogP contribution in [0.3, 0.4) is 0 Å². The van der Waals surface area contributed by atoms with E-state index in [1.165, 1.54) is 0 Å². The van der Waals surface area contributed by atoms with Gasteiger partial charge in [0.15, 0.2) is 0 Å². The number of piperidine rings is 1. The number of likely N-dealkylation sites (tertiary alicyclic amines) is 1. The maximum absolute atomic E-state index is 10.9. The van der Waals surface area contributed by atoms with Gasteiger partial charge in [0.2, 0.25) is 0 Å². The van der Waals surface area contributed by atoms with E-state index in [-0.39, 0.29) is 5.41 Å². The monoisotopic (exact) mass is 214 g/mol. The number of carbonyl (C=O) groups excluding carboxylic acids is 1. The van der Waals surface area contributed by atoms with Crippen molar-refractivity contribution in [2.75, 3.05) is 26.7 Å². The number of carboxylic acid groups (broad SMARTS) is 1. The summed E-state index contributed by atoms with van der Waals surface area (Å²) in [5.41, 5.74) is 0.0393. The fourth-order valence-corrected chi connectivity index (χ4v) is 1.70. The second-order valence-electron chi connectivity index (χ2n) is 4.60. The lowest BCUT2D eigenvalue weighted by atomic mass is 9.80. The molecule has 0 saturated carbocycles. The van der Waals surface area contributed by atoms with Gasteiger partial charge in [0.25, 0.3) is 0 Å². The van der Waals surface area contributed by atoms with Crippen molar-refractivity contribution in [2.45, 2.75) is 19.8 Å². The van der Waals surface area contributed by atoms with Crippen LogP contribution in [0.1, 0.15) is 19.8 Å². The molecule has 0 aromatic heterocycles. The Kier molecular flexibility index (Phi) is 3.68. The molecule has 0 bridgehead atoms. The topological polar surface area (TPSA) is 69.6 Å². The number of aliphatic carboxylic acids is 1. The summed E-state index contributed by atoms with van der Waals surface area (Å²) >= 11 is 0. The number of amides is 1. The molecule has 0 aliphatic carbocycles. The van der Waals surface area contributed by atoms with Gasteiger partial charge in [-0.2, -0.15) is 0 Å². The molecule has 0 aromatic carbocycles. The van der Waals surface area contributed by atoms with Gasteiger partial charge in [0, 0.05) is 6.54 Å². The van der Waals surface area contributed by atoms with E-state index in [1.807, 2.05) is 0 Å². The summed E-state index contributed by atoms with van der Waals surface area (Å²) in [4.78, 5) is 23.4. The Morgan fingerprint density at radius 3 is 2.40 bits per heavy atom. The first kappa shape index (κ1) is 12.0. The summed E-state index contributed by atoms with van der Waals surface area (Å²) in [6.45, 7) is 4.53. The van der Waals surface area contributed by atoms with Gasteiger partial charge >= 0.3 is 11.9 Å². The first-order valence-electron chi connectivity index (χ1n) is 5.13. The molecule has 1 heterocycles. The third kappa shape index (κ3) is 3.51. The number of carbonyl (C=O) groups is 2. The van der Waals surface area contributed by atoms with E-state index in [9.17, 15) is 9.59 Å². The van der Waals surface area contributed by atoms with Crippen LogP contribution in [0.4, 0.5) is 0 Å². The number of nitrogens with zero attached hydrogens (tertiary/aromatic N) is 1. The summed E-state index contributed by atoms with van der Waals surface area (Å²) < 4.78 is 0. The Hall–Kier alpha value is -1.10. The molecule has 0 spiro atoms. The minimum absolute atomic E-state index is 0.0393. The molecule has 1 rings (SSSR count). The van der Waals surface area contributed by atoms with E-state index in [0.717, 1.165) is 25.9 Å². The molecule has 1 aliphatic heterocycles. The van der Waals surface area contributed by atoms with Crippen molar-refractivity contribution in [1.29, 1.82) is 0 Å². The fraction of sp³-hybridized carbons (Fsp3) is 0.800. The van der Waals surface area contributed by atoms with Gasteiger partial charge in [0.1, 0.15) is 0 Å². The van der Waals surface area contributed by atoms with Crippen LogP contribution in [0.2, 0.25) is 0 Å². The molecule has 1 saturated heterocycles. The summed E-state index contributed by atoms with van der Waals surface area (Å²) in [5.74, 6) is -2.32. The summed E-state index contributed by atoms with van der Waals surface area (Å²) in [7, 11) is 2.06. The molecule has 0 radical (unpaired) electrons. The second kappa shape index (κ2) is 4.61. The molecule has 1 aliphatic rings. The molecular weight excluding hydrogens is 196 g/mol. The molecule has 86 valence electrons. The van der Waals surface area contributed by atoms with Gasteiger partial charge < -0.3 is 15.3 Å². The molecule has 5 heteroatoms. The predicted octanol–water partition coefficient (Wildman–Crippen LogP) is -0.0809. The number of rotatable bonds is 2. The highest BCUT2D eigenvalue weighted by atomic mass is 16.4. The van der Waals surface area contributed by atoms with Crippen LogP contribution >= 0.6 is 0 Å². The van der Waals surface area contributed by atoms with Gasteiger partial charge in [-0.1, -0.05) is 6.92 Å². The molecule has 15 heavy (non-hydrogen) atoms. The Morgan fingerprint density at radius 2 is 1.93 bits per heavy atom. The fourth-order valence-electron chi connectivity index (χ4n) is 1.70. The zero-order valence-corrected chi connectivity index (χ0v) is 9.25. The van der Waals surface area contributed by atoms with Gasteiger partial charge in [-0.25, -0.2) is 4.79 Å². The Bertz CT molecular complexity index is 257. The van der Waals surface area contributed by atoms with E-state index in [4.69, 9.17) is 5.11 Å². The normalized spacial score (nSPS) is 20.9. The molecule has 1 fully saturated rings. The van der Waals surface area contributed by atoms with Crippen LogP contribution in [0.25, 0.3) is 0 Å². The summed E-state index contributed by atoms with van der Waals surface area (Å²) in [6.07, 6.45) is 1.98. The minimum atomic E-state index is -1.41. The maximum atomic E-state index is 10.9. The number of carboxylic acids is 1. The number of hydrogen-bond acceptors (Lipinski definition) is 3. The highest BCUT2D eigenvalue weighted by Crippen LogP contribution is 2.29. The van der Waals surface area contributed by atoms with Gasteiger partial charge in [-0.3, -0.25) is 4.79 Å². The van der Waals surface area contributed by atoms with Crippen LogP contribution in [-0.4, -0.2) is 48.6 Å². The maximum Gasteiger partial charge on any atom is 0.394 e. The van der Waals surface area contributed by atoms with Crippen molar-refractivity contribution in [3.8, 4) is 0 Å². The smallest absolute Gasteiger partial charge is 0.394 e. The van der Waals surface area contributed by atoms with E-state index in [0.29, 0.717) is 6.54 Å². The first-order chi connectivity index (χ1) is 6.93. The van der Waals surface area contributed by atoms with Crippen molar-refractivity contribution < 1.29 is 14.7 Å². The minimum Gasteiger partial charge on any atom is -0.474 e. The quantitative estimate of drug-likeness (QED) is 0.631. The van der Waals surface area contributed by atoms with E-state index in [2.05, 4.69) is 24.2 Å². The highest BCUT2D eigenvalue weighted by molar-refractivity contribution is 6.31. The Morgan fingerprint density at radius 1 is 1.40 bits per heavy atom. The summed E-state index contributed by atoms with van der Waals surface area (Å²) in [5, 5.41) is 10.9. The zero-order valence-electron chi connectivity index (χ0n) is 9.25. The molecular formula is C10H18N2O3. The molecule has 5 nitrogen and oxygen atoms in total. The van der Waals surface area contributed by atoms with E-state index >= 15 is 0 Å². The number of hydrogen-bond donors (Lipinski definition) is 2. The summed E-state index contributed by atoms with van der Waals surface area (Å²) in [6, 6.07) is 0. The Balaban J connectivity index is 2.37. The molecule has 1 amide bonds. The lowest BCUT2D eigenvalue weighted by Crippen LogP contribution is -2.44. The molecule has 0 unspecified atom stereocenters. The van der Waals surface area contributed by atoms with Crippen molar-refractivity contribution in [2.24, 2.45) is 5.41 Å².